The van der Waals surface area contributed by atoms with Crippen molar-refractivity contribution in [1.29, 1.82) is 0 Å². The molecule has 0 amide bonds. The van der Waals surface area contributed by atoms with Crippen molar-refractivity contribution in [2.45, 2.75) is 19.5 Å². The first-order valence-electron chi connectivity index (χ1n) is 6.35. The smallest absolute Gasteiger partial charge is 0.0453 e. The van der Waals surface area contributed by atoms with Gasteiger partial charge in [0.15, 0.2) is 0 Å². The van der Waals surface area contributed by atoms with E-state index in [2.05, 4.69) is 41.3 Å². The molecule has 0 unspecified atom stereocenters. The first-order valence-corrected chi connectivity index (χ1v) is 6.73. The molecular formula is C16H16ClN. The topological polar surface area (TPSA) is 3.24 Å². The summed E-state index contributed by atoms with van der Waals surface area (Å²) in [5.41, 5.74) is 4.08. The summed E-state index contributed by atoms with van der Waals surface area (Å²) in [6.07, 6.45) is 1.10. The van der Waals surface area contributed by atoms with Crippen LogP contribution in [0, 0.1) is 0 Å². The maximum absolute atomic E-state index is 6.28. The lowest BCUT2D eigenvalue weighted by atomic mass is 9.99. The van der Waals surface area contributed by atoms with Crippen molar-refractivity contribution in [3.05, 3.63) is 70.2 Å². The van der Waals surface area contributed by atoms with E-state index in [0.29, 0.717) is 0 Å². The van der Waals surface area contributed by atoms with Crippen LogP contribution in [0.2, 0.25) is 5.02 Å². The normalized spacial score (nSPS) is 15.4. The molecule has 0 fully saturated rings. The van der Waals surface area contributed by atoms with Crippen LogP contribution < -0.4 is 0 Å². The number of hydrogen-bond acceptors (Lipinski definition) is 1. The van der Waals surface area contributed by atoms with Crippen LogP contribution in [0.4, 0.5) is 0 Å². The molecule has 0 saturated carbocycles. The number of fused-ring (bicyclic) bond motifs is 1. The minimum Gasteiger partial charge on any atom is -0.294 e. The zero-order valence-corrected chi connectivity index (χ0v) is 11.0. The van der Waals surface area contributed by atoms with Gasteiger partial charge in [-0.05, 0) is 29.2 Å². The van der Waals surface area contributed by atoms with Gasteiger partial charge < -0.3 is 0 Å². The van der Waals surface area contributed by atoms with E-state index < -0.39 is 0 Å². The lowest BCUT2D eigenvalue weighted by Crippen LogP contribution is -2.30. The molecule has 0 bridgehead atoms. The quantitative estimate of drug-likeness (QED) is 0.789. The van der Waals surface area contributed by atoms with E-state index in [9.17, 15) is 0 Å². The Labute approximate surface area is 113 Å². The van der Waals surface area contributed by atoms with Gasteiger partial charge in [-0.3, -0.25) is 4.90 Å². The summed E-state index contributed by atoms with van der Waals surface area (Å²) in [4.78, 5) is 2.46. The van der Waals surface area contributed by atoms with Crippen LogP contribution in [0.3, 0.4) is 0 Å². The highest BCUT2D eigenvalue weighted by Gasteiger charge is 2.18. The Morgan fingerprint density at radius 1 is 1.00 bits per heavy atom. The van der Waals surface area contributed by atoms with Crippen LogP contribution >= 0.6 is 11.6 Å². The van der Waals surface area contributed by atoms with Crippen LogP contribution in [0.1, 0.15) is 16.7 Å². The third-order valence-corrected chi connectivity index (χ3v) is 3.90. The van der Waals surface area contributed by atoms with Crippen molar-refractivity contribution in [3.63, 3.8) is 0 Å². The van der Waals surface area contributed by atoms with E-state index in [1.165, 1.54) is 16.7 Å². The Hall–Kier alpha value is -1.31. The van der Waals surface area contributed by atoms with Crippen LogP contribution in [0.15, 0.2) is 48.5 Å². The van der Waals surface area contributed by atoms with E-state index in [-0.39, 0.29) is 0 Å². The van der Waals surface area contributed by atoms with Crippen LogP contribution in [0.25, 0.3) is 0 Å². The summed E-state index contributed by atoms with van der Waals surface area (Å²) in [7, 11) is 0. The van der Waals surface area contributed by atoms with Gasteiger partial charge in [0.05, 0.1) is 0 Å². The maximum atomic E-state index is 6.28. The number of hydrogen-bond donors (Lipinski definition) is 0. The van der Waals surface area contributed by atoms with Crippen molar-refractivity contribution in [3.8, 4) is 0 Å². The van der Waals surface area contributed by atoms with Crippen molar-refractivity contribution in [2.24, 2.45) is 0 Å². The molecule has 0 N–H and O–H groups in total. The molecular weight excluding hydrogens is 242 g/mol. The van der Waals surface area contributed by atoms with Gasteiger partial charge in [0, 0.05) is 24.7 Å². The lowest BCUT2D eigenvalue weighted by molar-refractivity contribution is 0.245. The largest absolute Gasteiger partial charge is 0.294 e. The Morgan fingerprint density at radius 2 is 1.83 bits per heavy atom. The summed E-state index contributed by atoms with van der Waals surface area (Å²) in [6.45, 7) is 3.08. The van der Waals surface area contributed by atoms with Crippen LogP contribution in [-0.2, 0) is 19.5 Å². The fraction of sp³-hybridized carbons (Fsp3) is 0.250. The highest BCUT2D eigenvalue weighted by Crippen LogP contribution is 2.26. The van der Waals surface area contributed by atoms with Crippen molar-refractivity contribution >= 4 is 11.6 Å². The molecule has 92 valence electrons. The summed E-state index contributed by atoms with van der Waals surface area (Å²) in [5, 5.41) is 0.908. The van der Waals surface area contributed by atoms with Gasteiger partial charge in [0.1, 0.15) is 0 Å². The molecule has 1 aliphatic rings. The highest BCUT2D eigenvalue weighted by molar-refractivity contribution is 6.31. The second kappa shape index (κ2) is 5.13. The number of nitrogens with zero attached hydrogens (tertiary/aromatic N) is 1. The highest BCUT2D eigenvalue weighted by atomic mass is 35.5. The lowest BCUT2D eigenvalue weighted by Gasteiger charge is -2.29. The Balaban J connectivity index is 1.77. The zero-order valence-electron chi connectivity index (χ0n) is 10.3. The molecule has 0 aliphatic carbocycles. The number of rotatable bonds is 2. The molecule has 2 heteroatoms. The molecule has 18 heavy (non-hydrogen) atoms. The van der Waals surface area contributed by atoms with Gasteiger partial charge >= 0.3 is 0 Å². The first kappa shape index (κ1) is 11.8. The van der Waals surface area contributed by atoms with E-state index in [4.69, 9.17) is 11.6 Å². The fourth-order valence-corrected chi connectivity index (χ4v) is 2.83. The standard InChI is InChI=1S/C16H16ClN/c17-16-8-4-7-14-9-10-18(12-15(14)16)11-13-5-2-1-3-6-13/h1-8H,9-12H2. The first-order chi connectivity index (χ1) is 8.83. The monoisotopic (exact) mass is 257 g/mol. The van der Waals surface area contributed by atoms with E-state index in [1.54, 1.807) is 0 Å². The number of halogens is 1. The summed E-state index contributed by atoms with van der Waals surface area (Å²) < 4.78 is 0. The molecule has 2 aromatic carbocycles. The van der Waals surface area contributed by atoms with Gasteiger partial charge in [0.25, 0.3) is 0 Å². The molecule has 0 radical (unpaired) electrons. The van der Waals surface area contributed by atoms with Gasteiger partial charge in [-0.1, -0.05) is 54.1 Å². The predicted molar refractivity (Wildman–Crippen MR) is 75.7 cm³/mol. The molecule has 1 nitrogen and oxygen atoms in total. The summed E-state index contributed by atoms with van der Waals surface area (Å²) >= 11 is 6.28. The second-order valence-electron chi connectivity index (χ2n) is 4.82. The van der Waals surface area contributed by atoms with E-state index in [1.807, 2.05) is 12.1 Å². The average Bonchev–Trinajstić information content (AvgIpc) is 2.41. The Bertz CT molecular complexity index is 536. The van der Waals surface area contributed by atoms with E-state index in [0.717, 1.165) is 31.1 Å². The molecule has 2 aromatic rings. The minimum absolute atomic E-state index is 0.908. The van der Waals surface area contributed by atoms with Gasteiger partial charge in [-0.15, -0.1) is 0 Å². The third-order valence-electron chi connectivity index (χ3n) is 3.54. The van der Waals surface area contributed by atoms with Gasteiger partial charge in [-0.25, -0.2) is 0 Å². The molecule has 0 aromatic heterocycles. The van der Waals surface area contributed by atoms with Crippen molar-refractivity contribution < 1.29 is 0 Å². The molecule has 0 spiro atoms. The second-order valence-corrected chi connectivity index (χ2v) is 5.23. The van der Waals surface area contributed by atoms with Gasteiger partial charge in [-0.2, -0.15) is 0 Å². The molecule has 0 saturated heterocycles. The third kappa shape index (κ3) is 2.43. The number of benzene rings is 2. The van der Waals surface area contributed by atoms with Crippen LogP contribution in [-0.4, -0.2) is 11.4 Å². The average molecular weight is 258 g/mol. The van der Waals surface area contributed by atoms with Crippen molar-refractivity contribution in [1.82, 2.24) is 4.90 Å². The van der Waals surface area contributed by atoms with Crippen molar-refractivity contribution in [2.75, 3.05) is 6.54 Å². The Morgan fingerprint density at radius 3 is 2.67 bits per heavy atom. The molecule has 0 atom stereocenters. The fourth-order valence-electron chi connectivity index (χ4n) is 2.57. The minimum atomic E-state index is 0.908. The SMILES string of the molecule is Clc1cccc2c1CN(Cc1ccccc1)CC2. The molecule has 3 rings (SSSR count). The van der Waals surface area contributed by atoms with Crippen LogP contribution in [0.5, 0.6) is 0 Å². The van der Waals surface area contributed by atoms with E-state index >= 15 is 0 Å². The summed E-state index contributed by atoms with van der Waals surface area (Å²) in [6, 6.07) is 16.9. The van der Waals surface area contributed by atoms with Gasteiger partial charge in [0.2, 0.25) is 0 Å². The predicted octanol–water partition coefficient (Wildman–Crippen LogP) is 3.90. The summed E-state index contributed by atoms with van der Waals surface area (Å²) in [5.74, 6) is 0. The maximum Gasteiger partial charge on any atom is 0.0453 e. The molecule has 1 aliphatic heterocycles. The molecule has 1 heterocycles. The zero-order chi connectivity index (χ0) is 12.4. The Kier molecular flexibility index (Phi) is 3.35.